The highest BCUT2D eigenvalue weighted by Gasteiger charge is 2.24. The topological polar surface area (TPSA) is 80.3 Å². The van der Waals surface area contributed by atoms with E-state index in [-0.39, 0.29) is 30.4 Å². The minimum atomic E-state index is -3.41. The lowest BCUT2D eigenvalue weighted by Crippen LogP contribution is -2.19. The molecule has 26 heavy (non-hydrogen) atoms. The smallest absolute Gasteiger partial charge is 0.432 e. The van der Waals surface area contributed by atoms with Crippen LogP contribution in [0, 0.1) is 5.41 Å². The van der Waals surface area contributed by atoms with Gasteiger partial charge in [-0.05, 0) is 39.0 Å². The van der Waals surface area contributed by atoms with Crippen LogP contribution in [-0.2, 0) is 27.8 Å². The Hall–Kier alpha value is -0.880. The molecule has 2 atom stereocenters. The van der Waals surface area contributed by atoms with Crippen molar-refractivity contribution in [3.8, 4) is 0 Å². The third kappa shape index (κ3) is 14.3. The molecule has 0 aliphatic heterocycles. The molecule has 0 heterocycles. The van der Waals surface area contributed by atoms with Crippen molar-refractivity contribution < 1.29 is 32.6 Å². The van der Waals surface area contributed by atoms with Gasteiger partial charge in [0.05, 0.1) is 25.0 Å². The van der Waals surface area contributed by atoms with Crippen LogP contribution in [-0.4, -0.2) is 44.5 Å². The fraction of sp³-hybridized carbons (Fsp3) is 0.833. The van der Waals surface area contributed by atoms with Crippen LogP contribution in [0.25, 0.3) is 0 Å². The summed E-state index contributed by atoms with van der Waals surface area (Å²) in [4.78, 5) is 11.3. The molecule has 0 aliphatic rings. The van der Waals surface area contributed by atoms with Crippen LogP contribution < -0.4 is 0 Å². The predicted molar refractivity (Wildman–Crippen MR) is 101 cm³/mol. The van der Waals surface area contributed by atoms with Gasteiger partial charge in [0.25, 0.3) is 0 Å². The first-order chi connectivity index (χ1) is 12.0. The van der Waals surface area contributed by atoms with E-state index in [0.717, 1.165) is 6.42 Å². The van der Waals surface area contributed by atoms with Gasteiger partial charge in [0.2, 0.25) is 6.79 Å². The molecule has 0 saturated heterocycles. The molecule has 0 aliphatic carbocycles. The van der Waals surface area contributed by atoms with Crippen molar-refractivity contribution in [2.24, 2.45) is 5.41 Å². The number of hydrogen-bond acceptors (Lipinski definition) is 7. The molecule has 0 aromatic heterocycles. The second-order valence-corrected chi connectivity index (χ2v) is 9.63. The van der Waals surface area contributed by atoms with Crippen LogP contribution >= 0.6 is 7.60 Å². The lowest BCUT2D eigenvalue weighted by atomic mass is 9.90. The number of allylic oxidation sites excluding steroid dienone is 1. The molecule has 0 radical (unpaired) electrons. The normalized spacial score (nSPS) is 15.3. The first kappa shape index (κ1) is 25.1. The zero-order chi connectivity index (χ0) is 20.2. The summed E-state index contributed by atoms with van der Waals surface area (Å²) in [6.45, 7) is 15.7. The van der Waals surface area contributed by atoms with Crippen LogP contribution in [0.15, 0.2) is 12.7 Å². The van der Waals surface area contributed by atoms with Gasteiger partial charge in [0, 0.05) is 6.61 Å². The molecule has 0 rings (SSSR count). The maximum Gasteiger partial charge on any atom is 0.510 e. The zero-order valence-corrected chi connectivity index (χ0v) is 17.9. The Morgan fingerprint density at radius 1 is 1.15 bits per heavy atom. The van der Waals surface area contributed by atoms with Gasteiger partial charge in [0.1, 0.15) is 0 Å². The molecule has 0 aromatic carbocycles. The van der Waals surface area contributed by atoms with E-state index in [0.29, 0.717) is 13.0 Å². The molecular formula is C18H35O7P. The largest absolute Gasteiger partial charge is 0.510 e. The van der Waals surface area contributed by atoms with Crippen molar-refractivity contribution in [2.75, 3.05) is 26.2 Å². The van der Waals surface area contributed by atoms with Gasteiger partial charge < -0.3 is 18.7 Å². The van der Waals surface area contributed by atoms with Crippen molar-refractivity contribution in [3.63, 3.8) is 0 Å². The van der Waals surface area contributed by atoms with E-state index in [9.17, 15) is 9.36 Å². The van der Waals surface area contributed by atoms with E-state index in [4.69, 9.17) is 23.3 Å². The monoisotopic (exact) mass is 394 g/mol. The molecule has 0 amide bonds. The second kappa shape index (κ2) is 12.5. The molecule has 0 N–H and O–H groups in total. The minimum Gasteiger partial charge on any atom is -0.432 e. The highest BCUT2D eigenvalue weighted by atomic mass is 31.2. The average Bonchev–Trinajstić information content (AvgIpc) is 2.44. The Bertz CT molecular complexity index is 457. The van der Waals surface area contributed by atoms with Gasteiger partial charge in [-0.2, -0.15) is 0 Å². The highest BCUT2D eigenvalue weighted by molar-refractivity contribution is 7.54. The van der Waals surface area contributed by atoms with E-state index < -0.39 is 20.5 Å². The zero-order valence-electron chi connectivity index (χ0n) is 17.0. The quantitative estimate of drug-likeness (QED) is 0.140. The maximum absolute atomic E-state index is 12.5. The van der Waals surface area contributed by atoms with E-state index in [1.807, 2.05) is 6.92 Å². The SMILES string of the molecule is C=CCP(=O)(OCCCOC(C)CC(C)(C)C)OCOC(=O)OC(C)C. The molecule has 7 nitrogen and oxygen atoms in total. The van der Waals surface area contributed by atoms with Crippen LogP contribution in [0.5, 0.6) is 0 Å². The lowest BCUT2D eigenvalue weighted by molar-refractivity contribution is -0.0134. The summed E-state index contributed by atoms with van der Waals surface area (Å²) >= 11 is 0. The summed E-state index contributed by atoms with van der Waals surface area (Å²) in [6.07, 6.45) is 1.95. The van der Waals surface area contributed by atoms with Crippen LogP contribution in [0.2, 0.25) is 0 Å². The Balaban J connectivity index is 4.11. The van der Waals surface area contributed by atoms with Crippen molar-refractivity contribution >= 4 is 13.8 Å². The molecular weight excluding hydrogens is 359 g/mol. The first-order valence-corrected chi connectivity index (χ1v) is 10.6. The molecule has 0 fully saturated rings. The summed E-state index contributed by atoms with van der Waals surface area (Å²) in [6, 6.07) is 0. The fourth-order valence-corrected chi connectivity index (χ4v) is 3.37. The van der Waals surface area contributed by atoms with Gasteiger partial charge in [0.15, 0.2) is 0 Å². The molecule has 0 spiro atoms. The van der Waals surface area contributed by atoms with E-state index in [1.165, 1.54) is 6.08 Å². The number of carbonyl (C=O) groups is 1. The lowest BCUT2D eigenvalue weighted by Gasteiger charge is -2.23. The van der Waals surface area contributed by atoms with Gasteiger partial charge in [-0.3, -0.25) is 9.09 Å². The standard InChI is InChI=1S/C18H35O7P/c1-8-12-26(20,24-14-22-17(19)25-15(2)3)23-11-9-10-21-16(4)13-18(5,6)7/h8,15-16H,1,9-14H2,2-7H3. The van der Waals surface area contributed by atoms with Gasteiger partial charge >= 0.3 is 13.8 Å². The highest BCUT2D eigenvalue weighted by Crippen LogP contribution is 2.48. The Morgan fingerprint density at radius 3 is 2.35 bits per heavy atom. The average molecular weight is 394 g/mol. The van der Waals surface area contributed by atoms with Gasteiger partial charge in [-0.1, -0.05) is 26.8 Å². The van der Waals surface area contributed by atoms with Crippen molar-refractivity contribution in [2.45, 2.75) is 66.6 Å². The molecule has 0 saturated carbocycles. The second-order valence-electron chi connectivity index (χ2n) is 7.52. The van der Waals surface area contributed by atoms with Gasteiger partial charge in [-0.15, -0.1) is 6.58 Å². The van der Waals surface area contributed by atoms with Crippen LogP contribution in [0.4, 0.5) is 4.79 Å². The maximum atomic E-state index is 12.5. The Kier molecular flexibility index (Phi) is 12.1. The fourth-order valence-electron chi connectivity index (χ4n) is 2.15. The Labute approximate surface area is 157 Å². The molecule has 0 aromatic rings. The summed E-state index contributed by atoms with van der Waals surface area (Å²) in [5.74, 6) is 0. The van der Waals surface area contributed by atoms with Crippen molar-refractivity contribution in [1.82, 2.24) is 0 Å². The van der Waals surface area contributed by atoms with E-state index >= 15 is 0 Å². The van der Waals surface area contributed by atoms with Crippen LogP contribution in [0.3, 0.4) is 0 Å². The minimum absolute atomic E-state index is 0.0247. The third-order valence-electron chi connectivity index (χ3n) is 2.99. The van der Waals surface area contributed by atoms with Crippen molar-refractivity contribution in [3.05, 3.63) is 12.7 Å². The molecule has 154 valence electrons. The summed E-state index contributed by atoms with van der Waals surface area (Å²) < 4.78 is 38.2. The number of carbonyl (C=O) groups excluding carboxylic acids is 1. The summed E-state index contributed by atoms with van der Waals surface area (Å²) in [7, 11) is -3.41. The summed E-state index contributed by atoms with van der Waals surface area (Å²) in [5.41, 5.74) is 0.208. The number of ether oxygens (including phenoxy) is 3. The predicted octanol–water partition coefficient (Wildman–Crippen LogP) is 5.15. The van der Waals surface area contributed by atoms with Gasteiger partial charge in [-0.25, -0.2) is 4.79 Å². The van der Waals surface area contributed by atoms with Crippen LogP contribution in [0.1, 0.15) is 54.4 Å². The number of rotatable bonds is 13. The molecule has 8 heteroatoms. The first-order valence-electron chi connectivity index (χ1n) is 8.91. The molecule has 2 unspecified atom stereocenters. The van der Waals surface area contributed by atoms with E-state index in [1.54, 1.807) is 13.8 Å². The summed E-state index contributed by atoms with van der Waals surface area (Å²) in [5, 5.41) is 0. The van der Waals surface area contributed by atoms with E-state index in [2.05, 4.69) is 27.4 Å². The third-order valence-corrected chi connectivity index (χ3v) is 4.77. The Morgan fingerprint density at radius 2 is 1.81 bits per heavy atom. The molecule has 0 bridgehead atoms. The van der Waals surface area contributed by atoms with Crippen molar-refractivity contribution in [1.29, 1.82) is 0 Å². The number of hydrogen-bond donors (Lipinski definition) is 0.